The normalized spacial score (nSPS) is 10.4. The topological polar surface area (TPSA) is 52.6 Å². The van der Waals surface area contributed by atoms with Gasteiger partial charge in [0.15, 0.2) is 5.92 Å². The van der Waals surface area contributed by atoms with Gasteiger partial charge in [0, 0.05) is 10.0 Å². The van der Waals surface area contributed by atoms with Crippen molar-refractivity contribution in [1.82, 2.24) is 0 Å². The van der Waals surface area contributed by atoms with Gasteiger partial charge in [0.1, 0.15) is 0 Å². The van der Waals surface area contributed by atoms with Gasteiger partial charge in [-0.1, -0.05) is 23.2 Å². The van der Waals surface area contributed by atoms with Crippen molar-refractivity contribution in [2.24, 2.45) is 0 Å². The van der Waals surface area contributed by atoms with Crippen LogP contribution in [0.3, 0.4) is 0 Å². The maximum atomic E-state index is 11.9. The molecule has 0 aliphatic rings. The smallest absolute Gasteiger partial charge is 0.324 e. The highest BCUT2D eigenvalue weighted by Crippen LogP contribution is 2.29. The van der Waals surface area contributed by atoms with Crippen LogP contribution in [0.1, 0.15) is 25.3 Å². The quantitative estimate of drug-likeness (QED) is 0.619. The summed E-state index contributed by atoms with van der Waals surface area (Å²) in [6.45, 7) is 3.62. The average molecular weight is 305 g/mol. The SMILES string of the molecule is CCOC(=O)C(C(=O)OCC)c1cc(Cl)ccc1Cl. The van der Waals surface area contributed by atoms with Crippen molar-refractivity contribution in [2.45, 2.75) is 19.8 Å². The Morgan fingerprint density at radius 1 is 1.11 bits per heavy atom. The highest BCUT2D eigenvalue weighted by atomic mass is 35.5. The van der Waals surface area contributed by atoms with Crippen LogP contribution in [0.15, 0.2) is 18.2 Å². The van der Waals surface area contributed by atoms with Crippen molar-refractivity contribution in [3.05, 3.63) is 33.8 Å². The minimum absolute atomic E-state index is 0.160. The molecule has 1 aromatic carbocycles. The van der Waals surface area contributed by atoms with E-state index in [1.54, 1.807) is 19.9 Å². The Morgan fingerprint density at radius 3 is 2.11 bits per heavy atom. The van der Waals surface area contributed by atoms with Gasteiger partial charge >= 0.3 is 11.9 Å². The predicted molar refractivity (Wildman–Crippen MR) is 72.5 cm³/mol. The predicted octanol–water partition coefficient (Wildman–Crippen LogP) is 3.20. The molecule has 0 saturated carbocycles. The summed E-state index contributed by atoms with van der Waals surface area (Å²) in [4.78, 5) is 23.8. The van der Waals surface area contributed by atoms with E-state index in [0.29, 0.717) is 5.02 Å². The van der Waals surface area contributed by atoms with Gasteiger partial charge in [-0.2, -0.15) is 0 Å². The number of ether oxygens (including phenoxy) is 2. The summed E-state index contributed by atoms with van der Waals surface area (Å²) in [5.41, 5.74) is 0.283. The Kier molecular flexibility index (Phi) is 6.12. The number of esters is 2. The average Bonchev–Trinajstić information content (AvgIpc) is 2.34. The fourth-order valence-electron chi connectivity index (χ4n) is 1.54. The molecule has 0 unspecified atom stereocenters. The zero-order valence-corrected chi connectivity index (χ0v) is 12.1. The number of carbonyl (C=O) groups is 2. The van der Waals surface area contributed by atoms with Crippen LogP contribution in [-0.2, 0) is 19.1 Å². The van der Waals surface area contributed by atoms with E-state index in [2.05, 4.69) is 0 Å². The maximum Gasteiger partial charge on any atom is 0.324 e. The van der Waals surface area contributed by atoms with Crippen LogP contribution in [0.25, 0.3) is 0 Å². The van der Waals surface area contributed by atoms with Crippen LogP contribution in [-0.4, -0.2) is 25.2 Å². The summed E-state index contributed by atoms with van der Waals surface area (Å²) < 4.78 is 9.76. The van der Waals surface area contributed by atoms with Crippen molar-refractivity contribution in [1.29, 1.82) is 0 Å². The fourth-order valence-corrected chi connectivity index (χ4v) is 1.94. The first-order valence-corrected chi connectivity index (χ1v) is 6.55. The Labute approximate surface area is 121 Å². The molecule has 0 aliphatic heterocycles. The molecule has 0 bridgehead atoms. The Hall–Kier alpha value is -1.26. The summed E-state index contributed by atoms with van der Waals surface area (Å²) in [6.07, 6.45) is 0. The molecule has 1 aromatic rings. The zero-order chi connectivity index (χ0) is 14.4. The van der Waals surface area contributed by atoms with Gasteiger partial charge in [0.25, 0.3) is 0 Å². The Balaban J connectivity index is 3.18. The number of benzene rings is 1. The van der Waals surface area contributed by atoms with E-state index in [0.717, 1.165) is 0 Å². The van der Waals surface area contributed by atoms with Crippen molar-refractivity contribution in [2.75, 3.05) is 13.2 Å². The molecule has 0 atom stereocenters. The van der Waals surface area contributed by atoms with E-state index < -0.39 is 17.9 Å². The van der Waals surface area contributed by atoms with E-state index in [1.807, 2.05) is 0 Å². The fraction of sp³-hybridized carbons (Fsp3) is 0.385. The maximum absolute atomic E-state index is 11.9. The van der Waals surface area contributed by atoms with E-state index >= 15 is 0 Å². The first-order valence-electron chi connectivity index (χ1n) is 5.79. The number of halogens is 2. The second kappa shape index (κ2) is 7.36. The molecule has 19 heavy (non-hydrogen) atoms. The van der Waals surface area contributed by atoms with E-state index in [1.165, 1.54) is 12.1 Å². The molecule has 0 fully saturated rings. The van der Waals surface area contributed by atoms with Crippen molar-refractivity contribution in [3.63, 3.8) is 0 Å². The summed E-state index contributed by atoms with van der Waals surface area (Å²) in [5.74, 6) is -2.62. The summed E-state index contributed by atoms with van der Waals surface area (Å²) in [5, 5.41) is 0.633. The molecule has 0 heterocycles. The van der Waals surface area contributed by atoms with Crippen LogP contribution < -0.4 is 0 Å². The van der Waals surface area contributed by atoms with Crippen LogP contribution in [0, 0.1) is 0 Å². The lowest BCUT2D eigenvalue weighted by Crippen LogP contribution is -2.26. The van der Waals surface area contributed by atoms with Crippen LogP contribution >= 0.6 is 23.2 Å². The van der Waals surface area contributed by atoms with Crippen molar-refractivity contribution in [3.8, 4) is 0 Å². The lowest BCUT2D eigenvalue weighted by molar-refractivity contribution is -0.156. The minimum Gasteiger partial charge on any atom is -0.465 e. The highest BCUT2D eigenvalue weighted by molar-refractivity contribution is 6.34. The molecule has 1 rings (SSSR count). The molecule has 0 aromatic heterocycles. The standard InChI is InChI=1S/C13H14Cl2O4/c1-3-18-12(16)11(13(17)19-4-2)9-7-8(14)5-6-10(9)15/h5-7,11H,3-4H2,1-2H3. The Bertz CT molecular complexity index is 456. The third kappa shape index (κ3) is 4.11. The second-order valence-electron chi connectivity index (χ2n) is 3.60. The zero-order valence-electron chi connectivity index (χ0n) is 10.6. The van der Waals surface area contributed by atoms with E-state index in [4.69, 9.17) is 32.7 Å². The lowest BCUT2D eigenvalue weighted by atomic mass is 9.99. The minimum atomic E-state index is -1.22. The molecular formula is C13H14Cl2O4. The van der Waals surface area contributed by atoms with Crippen molar-refractivity contribution >= 4 is 35.1 Å². The van der Waals surface area contributed by atoms with Gasteiger partial charge in [0.05, 0.1) is 13.2 Å². The van der Waals surface area contributed by atoms with Gasteiger partial charge in [-0.05, 0) is 37.6 Å². The van der Waals surface area contributed by atoms with Crippen LogP contribution in [0.2, 0.25) is 10.0 Å². The molecule has 4 nitrogen and oxygen atoms in total. The van der Waals surface area contributed by atoms with Gasteiger partial charge in [-0.25, -0.2) is 0 Å². The third-order valence-electron chi connectivity index (χ3n) is 2.31. The number of rotatable bonds is 5. The van der Waals surface area contributed by atoms with E-state index in [-0.39, 0.29) is 23.8 Å². The molecular weight excluding hydrogens is 291 g/mol. The largest absolute Gasteiger partial charge is 0.465 e. The van der Waals surface area contributed by atoms with Crippen LogP contribution in [0.4, 0.5) is 0 Å². The molecule has 0 N–H and O–H groups in total. The molecule has 0 aliphatic carbocycles. The first kappa shape index (κ1) is 15.8. The van der Waals surface area contributed by atoms with E-state index in [9.17, 15) is 9.59 Å². The summed E-state index contributed by atoms with van der Waals surface area (Å²) in [7, 11) is 0. The lowest BCUT2D eigenvalue weighted by Gasteiger charge is -2.16. The number of hydrogen-bond acceptors (Lipinski definition) is 4. The first-order chi connectivity index (χ1) is 9.01. The molecule has 104 valence electrons. The molecule has 6 heteroatoms. The van der Waals surface area contributed by atoms with Crippen molar-refractivity contribution < 1.29 is 19.1 Å². The van der Waals surface area contributed by atoms with Crippen LogP contribution in [0.5, 0.6) is 0 Å². The highest BCUT2D eigenvalue weighted by Gasteiger charge is 2.33. The van der Waals surface area contributed by atoms with Gasteiger partial charge in [0.2, 0.25) is 0 Å². The van der Waals surface area contributed by atoms with Gasteiger partial charge in [-0.15, -0.1) is 0 Å². The van der Waals surface area contributed by atoms with Gasteiger partial charge in [-0.3, -0.25) is 9.59 Å². The third-order valence-corrected chi connectivity index (χ3v) is 2.89. The second-order valence-corrected chi connectivity index (χ2v) is 4.45. The molecule has 0 saturated heterocycles. The summed E-state index contributed by atoms with van der Waals surface area (Å²) >= 11 is 11.9. The number of hydrogen-bond donors (Lipinski definition) is 0. The molecule has 0 amide bonds. The molecule has 0 radical (unpaired) electrons. The number of carbonyl (C=O) groups excluding carboxylic acids is 2. The Morgan fingerprint density at radius 2 is 1.63 bits per heavy atom. The molecule has 0 spiro atoms. The summed E-state index contributed by atoms with van der Waals surface area (Å²) in [6, 6.07) is 4.55. The monoisotopic (exact) mass is 304 g/mol. The van der Waals surface area contributed by atoms with Gasteiger partial charge < -0.3 is 9.47 Å².